The largest absolute Gasteiger partial charge is 0.481 e. The minimum absolute atomic E-state index is 0.114. The lowest BCUT2D eigenvalue weighted by Crippen LogP contribution is -2.17. The Kier molecular flexibility index (Phi) is 6.41. The van der Waals surface area contributed by atoms with E-state index in [2.05, 4.69) is 5.32 Å². The van der Waals surface area contributed by atoms with E-state index in [4.69, 9.17) is 4.74 Å². The van der Waals surface area contributed by atoms with E-state index >= 15 is 0 Å². The highest BCUT2D eigenvalue weighted by Gasteiger charge is 2.19. The van der Waals surface area contributed by atoms with Crippen LogP contribution in [0.3, 0.4) is 0 Å². The molecule has 142 valence electrons. The summed E-state index contributed by atoms with van der Waals surface area (Å²) in [5, 5.41) is 12.5. The molecule has 1 atom stereocenters. The van der Waals surface area contributed by atoms with E-state index in [1.165, 1.54) is 0 Å². The number of esters is 1. The Morgan fingerprint density at radius 3 is 2.14 bits per heavy atom. The predicted molar refractivity (Wildman–Crippen MR) is 107 cm³/mol. The van der Waals surface area contributed by atoms with Gasteiger partial charge in [-0.05, 0) is 23.3 Å². The number of rotatable bonds is 8. The standard InChI is InChI=1S/C23H21NO4/c25-22(26)15-21(18-11-5-2-6-12-18)24-20-14-8-7-13-19(20)23(27)28-16-17-9-3-1-4-10-17/h1-14,21,24H,15-16H2,(H,25,26). The number of para-hydroxylation sites is 1. The minimum Gasteiger partial charge on any atom is -0.481 e. The molecule has 0 bridgehead atoms. The summed E-state index contributed by atoms with van der Waals surface area (Å²) in [6, 6.07) is 25.2. The van der Waals surface area contributed by atoms with E-state index in [0.29, 0.717) is 11.3 Å². The van der Waals surface area contributed by atoms with Crippen molar-refractivity contribution < 1.29 is 19.4 Å². The van der Waals surface area contributed by atoms with E-state index in [0.717, 1.165) is 11.1 Å². The van der Waals surface area contributed by atoms with Gasteiger partial charge in [0, 0.05) is 5.69 Å². The number of hydrogen-bond acceptors (Lipinski definition) is 4. The number of carbonyl (C=O) groups excluding carboxylic acids is 1. The van der Waals surface area contributed by atoms with E-state index in [9.17, 15) is 14.7 Å². The van der Waals surface area contributed by atoms with Crippen molar-refractivity contribution in [3.63, 3.8) is 0 Å². The van der Waals surface area contributed by atoms with Gasteiger partial charge in [0.05, 0.1) is 18.0 Å². The Balaban J connectivity index is 1.78. The monoisotopic (exact) mass is 375 g/mol. The summed E-state index contributed by atoms with van der Waals surface area (Å²) in [5.41, 5.74) is 2.63. The lowest BCUT2D eigenvalue weighted by atomic mass is 10.0. The van der Waals surface area contributed by atoms with E-state index in [1.807, 2.05) is 60.7 Å². The summed E-state index contributed by atoms with van der Waals surface area (Å²) >= 11 is 0. The first-order valence-electron chi connectivity index (χ1n) is 8.97. The number of aliphatic carboxylic acids is 1. The zero-order chi connectivity index (χ0) is 19.8. The summed E-state index contributed by atoms with van der Waals surface area (Å²) in [5.74, 6) is -1.39. The highest BCUT2D eigenvalue weighted by molar-refractivity contribution is 5.95. The third kappa shape index (κ3) is 5.20. The van der Waals surface area contributed by atoms with Gasteiger partial charge in [-0.1, -0.05) is 72.8 Å². The van der Waals surface area contributed by atoms with Crippen LogP contribution in [0.4, 0.5) is 5.69 Å². The normalized spacial score (nSPS) is 11.4. The first-order chi connectivity index (χ1) is 13.6. The molecule has 0 aliphatic carbocycles. The van der Waals surface area contributed by atoms with E-state index < -0.39 is 18.0 Å². The molecule has 5 heteroatoms. The number of benzene rings is 3. The summed E-state index contributed by atoms with van der Waals surface area (Å²) in [4.78, 5) is 23.9. The van der Waals surface area contributed by atoms with Gasteiger partial charge in [-0.15, -0.1) is 0 Å². The van der Waals surface area contributed by atoms with Crippen molar-refractivity contribution in [2.24, 2.45) is 0 Å². The highest BCUT2D eigenvalue weighted by atomic mass is 16.5. The van der Waals surface area contributed by atoms with Crippen molar-refractivity contribution >= 4 is 17.6 Å². The maximum atomic E-state index is 12.6. The van der Waals surface area contributed by atoms with E-state index in [-0.39, 0.29) is 13.0 Å². The fraction of sp³-hybridized carbons (Fsp3) is 0.130. The van der Waals surface area contributed by atoms with Gasteiger partial charge in [-0.2, -0.15) is 0 Å². The number of ether oxygens (including phenoxy) is 1. The fourth-order valence-corrected chi connectivity index (χ4v) is 2.89. The zero-order valence-electron chi connectivity index (χ0n) is 15.2. The van der Waals surface area contributed by atoms with Gasteiger partial charge >= 0.3 is 11.9 Å². The fourth-order valence-electron chi connectivity index (χ4n) is 2.89. The molecule has 1 unspecified atom stereocenters. The van der Waals surface area contributed by atoms with E-state index in [1.54, 1.807) is 24.3 Å². The van der Waals surface area contributed by atoms with Gasteiger partial charge in [0.15, 0.2) is 0 Å². The third-order valence-electron chi connectivity index (χ3n) is 4.27. The predicted octanol–water partition coefficient (Wildman–Crippen LogP) is 4.67. The molecule has 3 aromatic carbocycles. The van der Waals surface area contributed by atoms with Gasteiger partial charge < -0.3 is 15.2 Å². The summed E-state index contributed by atoms with van der Waals surface area (Å²) in [6.45, 7) is 0.172. The van der Waals surface area contributed by atoms with Crippen LogP contribution in [0.15, 0.2) is 84.9 Å². The summed E-state index contributed by atoms with van der Waals surface area (Å²) in [6.07, 6.45) is -0.114. The second-order valence-corrected chi connectivity index (χ2v) is 6.31. The highest BCUT2D eigenvalue weighted by Crippen LogP contribution is 2.26. The maximum absolute atomic E-state index is 12.6. The van der Waals surface area contributed by atoms with Crippen LogP contribution in [0.25, 0.3) is 0 Å². The van der Waals surface area contributed by atoms with Gasteiger partial charge in [0.2, 0.25) is 0 Å². The summed E-state index contributed by atoms with van der Waals surface area (Å²) in [7, 11) is 0. The summed E-state index contributed by atoms with van der Waals surface area (Å²) < 4.78 is 5.43. The molecule has 28 heavy (non-hydrogen) atoms. The number of nitrogens with one attached hydrogen (secondary N) is 1. The van der Waals surface area contributed by atoms with Crippen molar-refractivity contribution in [2.75, 3.05) is 5.32 Å². The van der Waals surface area contributed by atoms with Gasteiger partial charge in [-0.3, -0.25) is 4.79 Å². The molecule has 2 N–H and O–H groups in total. The molecule has 0 aliphatic rings. The van der Waals surface area contributed by atoms with Gasteiger partial charge in [-0.25, -0.2) is 4.79 Å². The van der Waals surface area contributed by atoms with Crippen molar-refractivity contribution in [1.82, 2.24) is 0 Å². The van der Waals surface area contributed by atoms with Crippen LogP contribution >= 0.6 is 0 Å². The topological polar surface area (TPSA) is 75.6 Å². The average molecular weight is 375 g/mol. The molecule has 0 saturated carbocycles. The van der Waals surface area contributed by atoms with Crippen molar-refractivity contribution in [3.05, 3.63) is 102 Å². The van der Waals surface area contributed by atoms with Crippen LogP contribution in [0, 0.1) is 0 Å². The molecule has 3 rings (SSSR count). The molecule has 0 fully saturated rings. The lowest BCUT2D eigenvalue weighted by Gasteiger charge is -2.20. The molecule has 0 radical (unpaired) electrons. The third-order valence-corrected chi connectivity index (χ3v) is 4.27. The molecule has 0 saturated heterocycles. The van der Waals surface area contributed by atoms with Crippen LogP contribution in [0.2, 0.25) is 0 Å². The van der Waals surface area contributed by atoms with Crippen LogP contribution in [-0.2, 0) is 16.1 Å². The quantitative estimate of drug-likeness (QED) is 0.560. The Morgan fingerprint density at radius 1 is 0.857 bits per heavy atom. The molecular formula is C23H21NO4. The molecule has 0 aliphatic heterocycles. The van der Waals surface area contributed by atoms with Crippen LogP contribution in [0.1, 0.15) is 33.9 Å². The van der Waals surface area contributed by atoms with Gasteiger partial charge in [0.25, 0.3) is 0 Å². The molecule has 0 aromatic heterocycles. The number of carboxylic acids is 1. The smallest absolute Gasteiger partial charge is 0.340 e. The Labute approximate surface area is 163 Å². The Bertz CT molecular complexity index is 926. The molecule has 0 heterocycles. The first-order valence-corrected chi connectivity index (χ1v) is 8.97. The Hall–Kier alpha value is -3.60. The van der Waals surface area contributed by atoms with Crippen LogP contribution in [0.5, 0.6) is 0 Å². The zero-order valence-corrected chi connectivity index (χ0v) is 15.2. The molecular weight excluding hydrogens is 354 g/mol. The molecule has 0 amide bonds. The average Bonchev–Trinajstić information content (AvgIpc) is 2.73. The Morgan fingerprint density at radius 2 is 1.46 bits per heavy atom. The van der Waals surface area contributed by atoms with Crippen LogP contribution < -0.4 is 5.32 Å². The van der Waals surface area contributed by atoms with Crippen molar-refractivity contribution in [3.8, 4) is 0 Å². The number of carboxylic acid groups (broad SMARTS) is 1. The van der Waals surface area contributed by atoms with Crippen LogP contribution in [-0.4, -0.2) is 17.0 Å². The number of hydrogen-bond donors (Lipinski definition) is 2. The minimum atomic E-state index is -0.925. The second kappa shape index (κ2) is 9.37. The SMILES string of the molecule is O=C(O)CC(Nc1ccccc1C(=O)OCc1ccccc1)c1ccccc1. The maximum Gasteiger partial charge on any atom is 0.340 e. The number of carbonyl (C=O) groups is 2. The molecule has 3 aromatic rings. The second-order valence-electron chi connectivity index (χ2n) is 6.31. The van der Waals surface area contributed by atoms with Crippen molar-refractivity contribution in [2.45, 2.75) is 19.1 Å². The lowest BCUT2D eigenvalue weighted by molar-refractivity contribution is -0.137. The van der Waals surface area contributed by atoms with Gasteiger partial charge in [0.1, 0.15) is 6.61 Å². The van der Waals surface area contributed by atoms with Crippen molar-refractivity contribution in [1.29, 1.82) is 0 Å². The molecule has 0 spiro atoms. The first kappa shape index (κ1) is 19.2. The number of anilines is 1. The molecule has 5 nitrogen and oxygen atoms in total.